The Morgan fingerprint density at radius 3 is 1.60 bits per heavy atom. The summed E-state index contributed by atoms with van der Waals surface area (Å²) in [6.07, 6.45) is 0. The van der Waals surface area contributed by atoms with Crippen LogP contribution in [0.1, 0.15) is 0 Å². The van der Waals surface area contributed by atoms with Crippen molar-refractivity contribution in [3.8, 4) is 33.6 Å². The molecule has 0 aliphatic carbocycles. The molecule has 0 spiro atoms. The molecule has 3 aromatic heterocycles. The number of aromatic nitrogens is 2. The van der Waals surface area contributed by atoms with E-state index in [1.807, 2.05) is 11.3 Å². The van der Waals surface area contributed by atoms with Gasteiger partial charge in [-0.25, -0.2) is 0 Å². The monoisotopic (exact) mass is 716 g/mol. The Morgan fingerprint density at radius 1 is 0.291 bits per heavy atom. The summed E-state index contributed by atoms with van der Waals surface area (Å²) in [6.45, 7) is 0. The first-order valence-electron chi connectivity index (χ1n) is 18.8. The minimum Gasteiger partial charge on any atom is -0.309 e. The number of fused-ring (bicyclic) bond motifs is 10. The van der Waals surface area contributed by atoms with Gasteiger partial charge in [0.15, 0.2) is 0 Å². The summed E-state index contributed by atoms with van der Waals surface area (Å²) in [5.41, 5.74) is 12.1. The molecule has 0 saturated carbocycles. The molecule has 12 rings (SSSR count). The average molecular weight is 717 g/mol. The smallest absolute Gasteiger partial charge is 0.0541 e. The Labute approximate surface area is 321 Å². The maximum absolute atomic E-state index is 2.43. The van der Waals surface area contributed by atoms with E-state index in [4.69, 9.17) is 0 Å². The number of hydrogen-bond acceptors (Lipinski definition) is 1. The maximum atomic E-state index is 2.43. The summed E-state index contributed by atoms with van der Waals surface area (Å²) in [5.74, 6) is 0. The fraction of sp³-hybridized carbons (Fsp3) is 0. The van der Waals surface area contributed by atoms with Crippen LogP contribution < -0.4 is 0 Å². The molecular weight excluding hydrogens is 685 g/mol. The number of thiophene rings is 1. The van der Waals surface area contributed by atoms with Gasteiger partial charge in [-0.3, -0.25) is 0 Å². The van der Waals surface area contributed by atoms with Crippen molar-refractivity contribution in [2.45, 2.75) is 0 Å². The van der Waals surface area contributed by atoms with Crippen molar-refractivity contribution >= 4 is 85.9 Å². The molecule has 12 aromatic rings. The Kier molecular flexibility index (Phi) is 6.54. The molecule has 256 valence electrons. The second-order valence-corrected chi connectivity index (χ2v) is 15.6. The third-order valence-corrected chi connectivity index (χ3v) is 12.6. The fourth-order valence-electron chi connectivity index (χ4n) is 8.98. The molecule has 3 heteroatoms. The largest absolute Gasteiger partial charge is 0.309 e. The van der Waals surface area contributed by atoms with Crippen LogP contribution >= 0.6 is 11.3 Å². The van der Waals surface area contributed by atoms with E-state index in [1.54, 1.807) is 0 Å². The van der Waals surface area contributed by atoms with E-state index in [2.05, 4.69) is 203 Å². The summed E-state index contributed by atoms with van der Waals surface area (Å²) in [5, 5.41) is 10.2. The van der Waals surface area contributed by atoms with E-state index in [0.29, 0.717) is 0 Å². The predicted octanol–water partition coefficient (Wildman–Crippen LogP) is 14.7. The normalized spacial score (nSPS) is 12.0. The number of hydrogen-bond donors (Lipinski definition) is 0. The molecule has 0 bridgehead atoms. The van der Waals surface area contributed by atoms with Crippen LogP contribution in [0.15, 0.2) is 194 Å². The molecule has 0 N–H and O–H groups in total. The third kappa shape index (κ3) is 4.60. The fourth-order valence-corrected chi connectivity index (χ4v) is 10.1. The topological polar surface area (TPSA) is 9.86 Å². The van der Waals surface area contributed by atoms with Gasteiger partial charge in [0.25, 0.3) is 0 Å². The van der Waals surface area contributed by atoms with E-state index in [0.717, 1.165) is 5.69 Å². The Balaban J connectivity index is 0.997. The second-order valence-electron chi connectivity index (χ2n) is 14.5. The van der Waals surface area contributed by atoms with Crippen LogP contribution in [0.25, 0.3) is 108 Å². The van der Waals surface area contributed by atoms with E-state index in [9.17, 15) is 0 Å². The van der Waals surface area contributed by atoms with E-state index >= 15 is 0 Å². The SMILES string of the molecule is c1cc(-c2ccc3c(c2)sc2ccccc23)cc(-n2c3ccccc3c3cc(-c4ccc5c(c4)c4ccccc4n5-c4cccc5ccccc45)ccc32)c1. The van der Waals surface area contributed by atoms with E-state index < -0.39 is 0 Å². The van der Waals surface area contributed by atoms with Crippen molar-refractivity contribution < 1.29 is 0 Å². The molecule has 2 nitrogen and oxygen atoms in total. The van der Waals surface area contributed by atoms with Gasteiger partial charge in [-0.05, 0) is 94.4 Å². The summed E-state index contributed by atoms with van der Waals surface area (Å²) < 4.78 is 7.52. The van der Waals surface area contributed by atoms with Crippen molar-refractivity contribution in [3.63, 3.8) is 0 Å². The van der Waals surface area contributed by atoms with Gasteiger partial charge < -0.3 is 9.13 Å². The molecule has 0 aliphatic rings. The maximum Gasteiger partial charge on any atom is 0.0541 e. The lowest BCUT2D eigenvalue weighted by molar-refractivity contribution is 1.18. The highest BCUT2D eigenvalue weighted by molar-refractivity contribution is 7.25. The first kappa shape index (κ1) is 30.5. The molecular formula is C52H32N2S. The number of benzene rings is 9. The Bertz CT molecular complexity index is 3500. The quantitative estimate of drug-likeness (QED) is 0.172. The van der Waals surface area contributed by atoms with Gasteiger partial charge in [-0.1, -0.05) is 127 Å². The first-order chi connectivity index (χ1) is 27.3. The molecule has 0 radical (unpaired) electrons. The van der Waals surface area contributed by atoms with Crippen molar-refractivity contribution in [1.82, 2.24) is 9.13 Å². The predicted molar refractivity (Wildman–Crippen MR) is 236 cm³/mol. The van der Waals surface area contributed by atoms with Crippen molar-refractivity contribution in [1.29, 1.82) is 0 Å². The Hall–Kier alpha value is -6.94. The summed E-state index contributed by atoms with van der Waals surface area (Å²) in [6, 6.07) is 71.5. The van der Waals surface area contributed by atoms with Crippen molar-refractivity contribution in [2.24, 2.45) is 0 Å². The lowest BCUT2D eigenvalue weighted by Crippen LogP contribution is -1.95. The van der Waals surface area contributed by atoms with E-state index in [1.165, 1.54) is 102 Å². The highest BCUT2D eigenvalue weighted by atomic mass is 32.1. The van der Waals surface area contributed by atoms with Crippen LogP contribution in [0.2, 0.25) is 0 Å². The second kappa shape index (κ2) is 11.8. The third-order valence-electron chi connectivity index (χ3n) is 11.5. The summed E-state index contributed by atoms with van der Waals surface area (Å²) in [4.78, 5) is 0. The lowest BCUT2D eigenvalue weighted by Gasteiger charge is -2.12. The standard InChI is InChI=1S/C52H32N2S/c1-2-15-39-33(11-1)12-10-21-46(39)54-48-20-7-4-17-41(48)45-31-36(25-28-50(45)54)35-24-27-49-44(30-35)40-16-3-6-19-47(40)53(49)38-14-9-13-34(29-38)37-23-26-43-42-18-5-8-22-51(42)55-52(43)32-37/h1-32H. The molecule has 0 amide bonds. The molecule has 0 aliphatic heterocycles. The number of para-hydroxylation sites is 2. The molecule has 55 heavy (non-hydrogen) atoms. The summed E-state index contributed by atoms with van der Waals surface area (Å²) in [7, 11) is 0. The van der Waals surface area contributed by atoms with Crippen LogP contribution in [0.4, 0.5) is 0 Å². The zero-order valence-electron chi connectivity index (χ0n) is 29.8. The van der Waals surface area contributed by atoms with E-state index in [-0.39, 0.29) is 0 Å². The number of rotatable bonds is 4. The molecule has 0 unspecified atom stereocenters. The average Bonchev–Trinajstić information content (AvgIpc) is 3.90. The minimum atomic E-state index is 1.16. The van der Waals surface area contributed by atoms with Crippen LogP contribution in [0.5, 0.6) is 0 Å². The minimum absolute atomic E-state index is 1.16. The van der Waals surface area contributed by atoms with Gasteiger partial charge in [0.1, 0.15) is 0 Å². The van der Waals surface area contributed by atoms with Crippen LogP contribution in [-0.4, -0.2) is 9.13 Å². The molecule has 3 heterocycles. The molecule has 0 saturated heterocycles. The van der Waals surface area contributed by atoms with Gasteiger partial charge in [0.05, 0.1) is 27.8 Å². The van der Waals surface area contributed by atoms with Gasteiger partial charge in [0, 0.05) is 52.8 Å². The van der Waals surface area contributed by atoms with Crippen molar-refractivity contribution in [3.05, 3.63) is 194 Å². The number of nitrogens with zero attached hydrogens (tertiary/aromatic N) is 2. The highest BCUT2D eigenvalue weighted by Gasteiger charge is 2.17. The summed E-state index contributed by atoms with van der Waals surface area (Å²) >= 11 is 1.87. The van der Waals surface area contributed by atoms with Crippen molar-refractivity contribution in [2.75, 3.05) is 0 Å². The first-order valence-corrected chi connectivity index (χ1v) is 19.7. The van der Waals surface area contributed by atoms with Gasteiger partial charge in [-0.15, -0.1) is 11.3 Å². The van der Waals surface area contributed by atoms with Gasteiger partial charge >= 0.3 is 0 Å². The molecule has 0 atom stereocenters. The Morgan fingerprint density at radius 2 is 0.818 bits per heavy atom. The van der Waals surface area contributed by atoms with Gasteiger partial charge in [-0.2, -0.15) is 0 Å². The molecule has 9 aromatic carbocycles. The zero-order valence-corrected chi connectivity index (χ0v) is 30.6. The van der Waals surface area contributed by atoms with Gasteiger partial charge in [0.2, 0.25) is 0 Å². The highest BCUT2D eigenvalue weighted by Crippen LogP contribution is 2.41. The van der Waals surface area contributed by atoms with Crippen LogP contribution in [-0.2, 0) is 0 Å². The molecule has 0 fully saturated rings. The zero-order chi connectivity index (χ0) is 36.0. The van der Waals surface area contributed by atoms with Crippen LogP contribution in [0.3, 0.4) is 0 Å². The van der Waals surface area contributed by atoms with Crippen LogP contribution in [0, 0.1) is 0 Å². The lowest BCUT2D eigenvalue weighted by atomic mass is 10.0.